The summed E-state index contributed by atoms with van der Waals surface area (Å²) in [5.41, 5.74) is 10.7. The summed E-state index contributed by atoms with van der Waals surface area (Å²) in [5.74, 6) is 0.683. The smallest absolute Gasteiger partial charge is 0.127 e. The first-order chi connectivity index (χ1) is 7.63. The maximum Gasteiger partial charge on any atom is 0.127 e. The normalized spacial score (nSPS) is 10.9. The lowest BCUT2D eigenvalue weighted by Gasteiger charge is -2.09. The number of nitrogen functional groups attached to an aromatic ring is 1. The van der Waals surface area contributed by atoms with E-state index in [2.05, 4.69) is 44.0 Å². The summed E-state index contributed by atoms with van der Waals surface area (Å²) in [4.78, 5) is 4.53. The van der Waals surface area contributed by atoms with Crippen LogP contribution in [0, 0.1) is 13.8 Å². The van der Waals surface area contributed by atoms with Gasteiger partial charge in [0.1, 0.15) is 5.82 Å². The van der Waals surface area contributed by atoms with Gasteiger partial charge in [-0.05, 0) is 43.0 Å². The fourth-order valence-corrected chi connectivity index (χ4v) is 2.01. The van der Waals surface area contributed by atoms with Gasteiger partial charge >= 0.3 is 0 Å². The predicted octanol–water partition coefficient (Wildman–Crippen LogP) is 3.39. The summed E-state index contributed by atoms with van der Waals surface area (Å²) in [6, 6.07) is 6.45. The molecule has 0 saturated heterocycles. The number of anilines is 1. The molecule has 2 heteroatoms. The first-order valence-electron chi connectivity index (χ1n) is 5.78. The van der Waals surface area contributed by atoms with Gasteiger partial charge in [-0.1, -0.05) is 25.5 Å². The Kier molecular flexibility index (Phi) is 2.82. The molecule has 0 fully saturated rings. The van der Waals surface area contributed by atoms with Crippen molar-refractivity contribution in [3.63, 3.8) is 0 Å². The van der Waals surface area contributed by atoms with Crippen molar-refractivity contribution in [2.75, 3.05) is 5.73 Å². The lowest BCUT2D eigenvalue weighted by molar-refractivity contribution is 0.921. The maximum atomic E-state index is 5.98. The minimum Gasteiger partial charge on any atom is -0.383 e. The van der Waals surface area contributed by atoms with Gasteiger partial charge in [0.05, 0.1) is 5.52 Å². The lowest BCUT2D eigenvalue weighted by Crippen LogP contribution is -1.99. The van der Waals surface area contributed by atoms with Crippen LogP contribution in [0.15, 0.2) is 18.2 Å². The van der Waals surface area contributed by atoms with E-state index in [0.717, 1.165) is 18.4 Å². The van der Waals surface area contributed by atoms with Crippen molar-refractivity contribution in [1.29, 1.82) is 0 Å². The lowest BCUT2D eigenvalue weighted by atomic mass is 10.0. The van der Waals surface area contributed by atoms with Crippen LogP contribution >= 0.6 is 0 Å². The number of nitrogens with zero attached hydrogens (tertiary/aromatic N) is 1. The van der Waals surface area contributed by atoms with Crippen LogP contribution in [0.4, 0.5) is 5.82 Å². The summed E-state index contributed by atoms with van der Waals surface area (Å²) in [7, 11) is 0. The van der Waals surface area contributed by atoms with Crippen LogP contribution in [0.2, 0.25) is 0 Å². The number of aryl methyl sites for hydroxylation is 3. The second kappa shape index (κ2) is 4.12. The van der Waals surface area contributed by atoms with Crippen LogP contribution in [0.25, 0.3) is 10.9 Å². The van der Waals surface area contributed by atoms with E-state index in [-0.39, 0.29) is 0 Å². The van der Waals surface area contributed by atoms with Crippen molar-refractivity contribution < 1.29 is 0 Å². The van der Waals surface area contributed by atoms with Gasteiger partial charge in [-0.25, -0.2) is 4.98 Å². The van der Waals surface area contributed by atoms with E-state index in [9.17, 15) is 0 Å². The van der Waals surface area contributed by atoms with Gasteiger partial charge in [0.15, 0.2) is 0 Å². The third-order valence-electron chi connectivity index (χ3n) is 3.14. The van der Waals surface area contributed by atoms with E-state index in [1.54, 1.807) is 0 Å². The Balaban J connectivity index is 2.69. The van der Waals surface area contributed by atoms with Crippen LogP contribution in [0.5, 0.6) is 0 Å². The monoisotopic (exact) mass is 214 g/mol. The molecule has 0 atom stereocenters. The fraction of sp³-hybridized carbons (Fsp3) is 0.357. The molecule has 0 amide bonds. The average Bonchev–Trinajstić information content (AvgIpc) is 2.26. The first-order valence-corrected chi connectivity index (χ1v) is 5.78. The predicted molar refractivity (Wildman–Crippen MR) is 69.6 cm³/mol. The highest BCUT2D eigenvalue weighted by Crippen LogP contribution is 2.24. The van der Waals surface area contributed by atoms with E-state index in [0.29, 0.717) is 5.82 Å². The first kappa shape index (κ1) is 10.9. The zero-order chi connectivity index (χ0) is 11.7. The minimum atomic E-state index is 0.683. The number of hydrogen-bond acceptors (Lipinski definition) is 2. The van der Waals surface area contributed by atoms with Gasteiger partial charge in [-0.3, -0.25) is 0 Å². The SMILES string of the molecule is CCCc1cc2ccc(C)c(C)c2nc1N. The van der Waals surface area contributed by atoms with Crippen LogP contribution in [0.3, 0.4) is 0 Å². The summed E-state index contributed by atoms with van der Waals surface area (Å²) in [6.07, 6.45) is 2.10. The third kappa shape index (κ3) is 1.75. The van der Waals surface area contributed by atoms with Crippen molar-refractivity contribution in [1.82, 2.24) is 4.98 Å². The Morgan fingerprint density at radius 1 is 1.25 bits per heavy atom. The highest BCUT2D eigenvalue weighted by molar-refractivity contribution is 5.85. The van der Waals surface area contributed by atoms with Gasteiger partial charge in [0.2, 0.25) is 0 Å². The molecule has 0 unspecified atom stereocenters. The molecule has 2 aromatic rings. The molecule has 2 N–H and O–H groups in total. The van der Waals surface area contributed by atoms with Gasteiger partial charge in [-0.15, -0.1) is 0 Å². The highest BCUT2D eigenvalue weighted by Gasteiger charge is 2.06. The molecule has 0 bridgehead atoms. The van der Waals surface area contributed by atoms with E-state index < -0.39 is 0 Å². The van der Waals surface area contributed by atoms with E-state index in [4.69, 9.17) is 5.73 Å². The second-order valence-corrected chi connectivity index (χ2v) is 4.36. The van der Waals surface area contributed by atoms with Crippen molar-refractivity contribution in [2.45, 2.75) is 33.6 Å². The number of rotatable bonds is 2. The van der Waals surface area contributed by atoms with Crippen molar-refractivity contribution in [3.05, 3.63) is 34.9 Å². The number of nitrogens with two attached hydrogens (primary N) is 1. The fourth-order valence-electron chi connectivity index (χ4n) is 2.01. The standard InChI is InChI=1S/C14H18N2/c1-4-5-12-8-11-7-6-9(2)10(3)13(11)16-14(12)15/h6-8H,4-5H2,1-3H3,(H2,15,16). The number of hydrogen-bond donors (Lipinski definition) is 1. The molecular formula is C14H18N2. The highest BCUT2D eigenvalue weighted by atomic mass is 14.8. The molecule has 0 aliphatic carbocycles. The van der Waals surface area contributed by atoms with E-state index >= 15 is 0 Å². The van der Waals surface area contributed by atoms with Crippen LogP contribution in [0.1, 0.15) is 30.0 Å². The second-order valence-electron chi connectivity index (χ2n) is 4.36. The summed E-state index contributed by atoms with van der Waals surface area (Å²) in [5, 5.41) is 1.20. The van der Waals surface area contributed by atoms with Gasteiger partial charge < -0.3 is 5.73 Å². The molecule has 0 spiro atoms. The summed E-state index contributed by atoms with van der Waals surface area (Å²) in [6.45, 7) is 6.36. The van der Waals surface area contributed by atoms with Gasteiger partial charge in [-0.2, -0.15) is 0 Å². The molecule has 0 aliphatic heterocycles. The molecule has 84 valence electrons. The quantitative estimate of drug-likeness (QED) is 0.832. The van der Waals surface area contributed by atoms with Crippen LogP contribution in [-0.4, -0.2) is 4.98 Å². The Labute approximate surface area is 96.5 Å². The maximum absolute atomic E-state index is 5.98. The molecule has 0 saturated carbocycles. The van der Waals surface area contributed by atoms with Crippen LogP contribution in [-0.2, 0) is 6.42 Å². The largest absolute Gasteiger partial charge is 0.383 e. The molecule has 1 aromatic heterocycles. The number of fused-ring (bicyclic) bond motifs is 1. The van der Waals surface area contributed by atoms with Crippen molar-refractivity contribution in [3.8, 4) is 0 Å². The Bertz CT molecular complexity index is 530. The summed E-state index contributed by atoms with van der Waals surface area (Å²) >= 11 is 0. The minimum absolute atomic E-state index is 0.683. The molecule has 0 radical (unpaired) electrons. The zero-order valence-electron chi connectivity index (χ0n) is 10.2. The third-order valence-corrected chi connectivity index (χ3v) is 3.14. The van der Waals surface area contributed by atoms with Gasteiger partial charge in [0.25, 0.3) is 0 Å². The zero-order valence-corrected chi connectivity index (χ0v) is 10.2. The molecule has 1 aromatic carbocycles. The number of benzene rings is 1. The molecule has 2 rings (SSSR count). The van der Waals surface area contributed by atoms with E-state index in [1.807, 2.05) is 0 Å². The van der Waals surface area contributed by atoms with Crippen molar-refractivity contribution >= 4 is 16.7 Å². The number of pyridine rings is 1. The Morgan fingerprint density at radius 3 is 2.69 bits per heavy atom. The summed E-state index contributed by atoms with van der Waals surface area (Å²) < 4.78 is 0. The van der Waals surface area contributed by atoms with Crippen LogP contribution < -0.4 is 5.73 Å². The molecular weight excluding hydrogens is 196 g/mol. The van der Waals surface area contributed by atoms with Gasteiger partial charge in [0, 0.05) is 5.39 Å². The molecule has 2 nitrogen and oxygen atoms in total. The Morgan fingerprint density at radius 2 is 2.00 bits per heavy atom. The molecule has 1 heterocycles. The molecule has 16 heavy (non-hydrogen) atoms. The number of aromatic nitrogens is 1. The Hall–Kier alpha value is -1.57. The van der Waals surface area contributed by atoms with E-state index in [1.165, 1.54) is 22.1 Å². The topological polar surface area (TPSA) is 38.9 Å². The molecule has 0 aliphatic rings. The average molecular weight is 214 g/mol. The van der Waals surface area contributed by atoms with Crippen molar-refractivity contribution in [2.24, 2.45) is 0 Å².